The second kappa shape index (κ2) is 6.76. The van der Waals surface area contributed by atoms with Gasteiger partial charge in [-0.05, 0) is 41.3 Å². The van der Waals surface area contributed by atoms with Crippen LogP contribution in [0.15, 0.2) is 78.9 Å². The molecule has 0 amide bonds. The predicted molar refractivity (Wildman–Crippen MR) is 85.3 cm³/mol. The first-order valence-electron chi connectivity index (χ1n) is 7.11. The minimum Gasteiger partial charge on any atom is -0.489 e. The van der Waals surface area contributed by atoms with E-state index in [1.165, 1.54) is 16.7 Å². The van der Waals surface area contributed by atoms with Crippen molar-refractivity contribution in [3.8, 4) is 5.75 Å². The van der Waals surface area contributed by atoms with Crippen LogP contribution in [0, 0.1) is 6.07 Å². The van der Waals surface area contributed by atoms with Crippen LogP contribution in [-0.2, 0) is 13.0 Å². The lowest BCUT2D eigenvalue weighted by atomic mass is 10.1. The van der Waals surface area contributed by atoms with Crippen molar-refractivity contribution in [1.29, 1.82) is 0 Å². The summed E-state index contributed by atoms with van der Waals surface area (Å²) in [6.45, 7) is 0.605. The van der Waals surface area contributed by atoms with Crippen molar-refractivity contribution in [1.82, 2.24) is 0 Å². The highest BCUT2D eigenvalue weighted by molar-refractivity contribution is 5.31. The minimum absolute atomic E-state index is 0.605. The minimum atomic E-state index is 0.605. The monoisotopic (exact) mass is 273 g/mol. The maximum Gasteiger partial charge on any atom is 0.119 e. The van der Waals surface area contributed by atoms with Gasteiger partial charge in [0, 0.05) is 0 Å². The summed E-state index contributed by atoms with van der Waals surface area (Å²) in [5.74, 6) is 0.905. The van der Waals surface area contributed by atoms with E-state index in [1.54, 1.807) is 0 Å². The number of rotatable bonds is 5. The fraction of sp³-hybridized carbons (Fsp3) is 0.100. The predicted octanol–water partition coefficient (Wildman–Crippen LogP) is 4.66. The Kier molecular flexibility index (Phi) is 4.33. The van der Waals surface area contributed by atoms with Crippen molar-refractivity contribution >= 4 is 0 Å². The summed E-state index contributed by atoms with van der Waals surface area (Å²) in [5.41, 5.74) is 3.73. The zero-order valence-electron chi connectivity index (χ0n) is 11.8. The van der Waals surface area contributed by atoms with Crippen LogP contribution < -0.4 is 4.74 Å². The molecule has 0 fully saturated rings. The highest BCUT2D eigenvalue weighted by atomic mass is 16.5. The SMILES string of the molecule is [c]1cccc(Cc2ccc(OCc3ccccc3)cc2)c1. The van der Waals surface area contributed by atoms with Crippen molar-refractivity contribution in [2.45, 2.75) is 13.0 Å². The van der Waals surface area contributed by atoms with E-state index in [-0.39, 0.29) is 0 Å². The van der Waals surface area contributed by atoms with Crippen LogP contribution in [0.3, 0.4) is 0 Å². The van der Waals surface area contributed by atoms with E-state index in [0.29, 0.717) is 6.61 Å². The second-order valence-corrected chi connectivity index (χ2v) is 5.01. The second-order valence-electron chi connectivity index (χ2n) is 5.01. The molecule has 0 N–H and O–H groups in total. The van der Waals surface area contributed by atoms with Gasteiger partial charge < -0.3 is 4.74 Å². The first kappa shape index (κ1) is 13.4. The van der Waals surface area contributed by atoms with E-state index in [4.69, 9.17) is 4.74 Å². The molecule has 0 aliphatic carbocycles. The van der Waals surface area contributed by atoms with Gasteiger partial charge in [0.05, 0.1) is 0 Å². The largest absolute Gasteiger partial charge is 0.489 e. The van der Waals surface area contributed by atoms with E-state index in [9.17, 15) is 0 Å². The topological polar surface area (TPSA) is 9.23 Å². The molecule has 0 heterocycles. The molecule has 1 radical (unpaired) electrons. The summed E-state index contributed by atoms with van der Waals surface area (Å²) in [6.07, 6.45) is 0.927. The molecule has 0 bridgehead atoms. The summed E-state index contributed by atoms with van der Waals surface area (Å²) in [4.78, 5) is 0. The molecule has 0 aliphatic heterocycles. The van der Waals surface area contributed by atoms with Crippen molar-refractivity contribution in [2.24, 2.45) is 0 Å². The van der Waals surface area contributed by atoms with E-state index >= 15 is 0 Å². The molecular weight excluding hydrogens is 256 g/mol. The zero-order valence-corrected chi connectivity index (χ0v) is 11.8. The molecule has 3 aromatic carbocycles. The summed E-state index contributed by atoms with van der Waals surface area (Å²) in [7, 11) is 0. The Morgan fingerprint density at radius 2 is 1.48 bits per heavy atom. The fourth-order valence-electron chi connectivity index (χ4n) is 2.22. The van der Waals surface area contributed by atoms with E-state index in [0.717, 1.165) is 12.2 Å². The molecule has 3 rings (SSSR count). The number of ether oxygens (including phenoxy) is 1. The maximum absolute atomic E-state index is 5.79. The van der Waals surface area contributed by atoms with Crippen LogP contribution in [0.25, 0.3) is 0 Å². The van der Waals surface area contributed by atoms with Crippen molar-refractivity contribution in [3.05, 3.63) is 102 Å². The third-order valence-corrected chi connectivity index (χ3v) is 3.35. The average molecular weight is 273 g/mol. The van der Waals surface area contributed by atoms with Crippen LogP contribution in [0.5, 0.6) is 5.75 Å². The normalized spacial score (nSPS) is 10.3. The Morgan fingerprint density at radius 1 is 0.714 bits per heavy atom. The molecule has 0 unspecified atom stereocenters. The summed E-state index contributed by atoms with van der Waals surface area (Å²) in [6, 6.07) is 29.7. The molecule has 0 saturated heterocycles. The molecule has 3 aromatic rings. The van der Waals surface area contributed by atoms with Gasteiger partial charge in [-0.3, -0.25) is 0 Å². The molecule has 0 atom stereocenters. The summed E-state index contributed by atoms with van der Waals surface area (Å²) >= 11 is 0. The van der Waals surface area contributed by atoms with Crippen molar-refractivity contribution < 1.29 is 4.74 Å². The molecule has 1 nitrogen and oxygen atoms in total. The van der Waals surface area contributed by atoms with Crippen molar-refractivity contribution in [2.75, 3.05) is 0 Å². The molecular formula is C20H17O. The molecule has 21 heavy (non-hydrogen) atoms. The third-order valence-electron chi connectivity index (χ3n) is 3.35. The van der Waals surface area contributed by atoms with Gasteiger partial charge in [-0.1, -0.05) is 66.7 Å². The van der Waals surface area contributed by atoms with Crippen LogP contribution in [0.1, 0.15) is 16.7 Å². The van der Waals surface area contributed by atoms with Gasteiger partial charge in [0.1, 0.15) is 12.4 Å². The molecule has 0 saturated carbocycles. The lowest BCUT2D eigenvalue weighted by molar-refractivity contribution is 0.306. The van der Waals surface area contributed by atoms with Gasteiger partial charge in [0.25, 0.3) is 0 Å². The lowest BCUT2D eigenvalue weighted by Gasteiger charge is -2.07. The Morgan fingerprint density at radius 3 is 2.19 bits per heavy atom. The summed E-state index contributed by atoms with van der Waals surface area (Å²) < 4.78 is 5.79. The first-order valence-corrected chi connectivity index (χ1v) is 7.11. The zero-order chi connectivity index (χ0) is 14.3. The Labute approximate surface area is 125 Å². The summed E-state index contributed by atoms with van der Waals surface area (Å²) in [5, 5.41) is 0. The highest BCUT2D eigenvalue weighted by Gasteiger charge is 1.98. The Bertz CT molecular complexity index is 657. The molecule has 0 spiro atoms. The van der Waals surface area contributed by atoms with Crippen LogP contribution in [0.2, 0.25) is 0 Å². The quantitative estimate of drug-likeness (QED) is 0.657. The number of hydrogen-bond acceptors (Lipinski definition) is 1. The number of hydrogen-bond donors (Lipinski definition) is 0. The van der Waals surface area contributed by atoms with Gasteiger partial charge in [-0.25, -0.2) is 0 Å². The lowest BCUT2D eigenvalue weighted by Crippen LogP contribution is -1.95. The van der Waals surface area contributed by atoms with Crippen LogP contribution in [0.4, 0.5) is 0 Å². The van der Waals surface area contributed by atoms with Gasteiger partial charge in [0.15, 0.2) is 0 Å². The maximum atomic E-state index is 5.79. The van der Waals surface area contributed by atoms with E-state index in [2.05, 4.69) is 36.4 Å². The van der Waals surface area contributed by atoms with Crippen LogP contribution in [-0.4, -0.2) is 0 Å². The van der Waals surface area contributed by atoms with Crippen molar-refractivity contribution in [3.63, 3.8) is 0 Å². The number of benzene rings is 3. The molecule has 103 valence electrons. The van der Waals surface area contributed by atoms with Gasteiger partial charge >= 0.3 is 0 Å². The highest BCUT2D eigenvalue weighted by Crippen LogP contribution is 2.16. The average Bonchev–Trinajstić information content (AvgIpc) is 2.56. The van der Waals surface area contributed by atoms with Gasteiger partial charge in [0.2, 0.25) is 0 Å². The fourth-order valence-corrected chi connectivity index (χ4v) is 2.22. The molecule has 1 heteroatoms. The first-order chi connectivity index (χ1) is 10.4. The third kappa shape index (κ3) is 3.96. The van der Waals surface area contributed by atoms with E-state index in [1.807, 2.05) is 48.5 Å². The molecule has 0 aliphatic rings. The van der Waals surface area contributed by atoms with Gasteiger partial charge in [-0.15, -0.1) is 0 Å². The van der Waals surface area contributed by atoms with Crippen LogP contribution >= 0.6 is 0 Å². The Hall–Kier alpha value is -2.54. The van der Waals surface area contributed by atoms with Gasteiger partial charge in [-0.2, -0.15) is 0 Å². The van der Waals surface area contributed by atoms with E-state index < -0.39 is 0 Å². The standard InChI is InChI=1S/C20H17O/c1-3-7-17(8-4-1)15-18-11-13-20(14-12-18)21-16-19-9-5-2-6-10-19/h1-3,5-14H,15-16H2. The molecule has 0 aromatic heterocycles. The Balaban J connectivity index is 1.59. The smallest absolute Gasteiger partial charge is 0.119 e.